The maximum atomic E-state index is 4.18. The van der Waals surface area contributed by atoms with Crippen LogP contribution in [0.15, 0.2) is 12.4 Å². The number of hydrogen-bond donors (Lipinski definition) is 1. The van der Waals surface area contributed by atoms with E-state index in [1.54, 1.807) is 0 Å². The van der Waals surface area contributed by atoms with Crippen molar-refractivity contribution < 1.29 is 0 Å². The second kappa shape index (κ2) is 4.53. The van der Waals surface area contributed by atoms with Gasteiger partial charge in [0.25, 0.3) is 0 Å². The van der Waals surface area contributed by atoms with E-state index in [1.807, 2.05) is 19.3 Å². The Balaban J connectivity index is 0.000000845. The summed E-state index contributed by atoms with van der Waals surface area (Å²) >= 11 is 0. The van der Waals surface area contributed by atoms with Crippen molar-refractivity contribution in [2.75, 3.05) is 13.1 Å². The summed E-state index contributed by atoms with van der Waals surface area (Å²) in [4.78, 5) is 8.37. The highest BCUT2D eigenvalue weighted by Crippen LogP contribution is 2.20. The van der Waals surface area contributed by atoms with Gasteiger partial charge in [-0.1, -0.05) is 0 Å². The average Bonchev–Trinajstić information content (AvgIpc) is 2.58. The van der Waals surface area contributed by atoms with Crippen LogP contribution >= 0.6 is 12.4 Å². The molecular formula is C9H14ClN3. The van der Waals surface area contributed by atoms with E-state index in [-0.39, 0.29) is 12.4 Å². The smallest absolute Gasteiger partial charge is 0.125 e. The van der Waals surface area contributed by atoms with Crippen LogP contribution in [0.4, 0.5) is 0 Å². The lowest BCUT2D eigenvalue weighted by atomic mass is 10.0. The van der Waals surface area contributed by atoms with E-state index in [4.69, 9.17) is 0 Å². The molecule has 1 unspecified atom stereocenters. The van der Waals surface area contributed by atoms with Crippen LogP contribution in [0.5, 0.6) is 0 Å². The lowest BCUT2D eigenvalue weighted by molar-refractivity contribution is 0.749. The van der Waals surface area contributed by atoms with Crippen molar-refractivity contribution in [3.8, 4) is 0 Å². The lowest BCUT2D eigenvalue weighted by Gasteiger charge is -2.06. The Kier molecular flexibility index (Phi) is 3.63. The van der Waals surface area contributed by atoms with Gasteiger partial charge in [-0.05, 0) is 25.5 Å². The molecule has 4 heteroatoms. The van der Waals surface area contributed by atoms with Gasteiger partial charge in [0, 0.05) is 24.9 Å². The molecule has 1 saturated heterocycles. The number of nitrogens with one attached hydrogen (secondary N) is 1. The third-order valence-corrected chi connectivity index (χ3v) is 2.33. The molecule has 0 spiro atoms. The minimum Gasteiger partial charge on any atom is -0.316 e. The molecule has 1 aromatic heterocycles. The Morgan fingerprint density at radius 3 is 2.62 bits per heavy atom. The topological polar surface area (TPSA) is 37.8 Å². The zero-order chi connectivity index (χ0) is 8.39. The van der Waals surface area contributed by atoms with E-state index in [9.17, 15) is 0 Å². The number of aromatic nitrogens is 2. The molecule has 0 aliphatic carbocycles. The third-order valence-electron chi connectivity index (χ3n) is 2.33. The molecule has 0 saturated carbocycles. The zero-order valence-corrected chi connectivity index (χ0v) is 8.47. The maximum Gasteiger partial charge on any atom is 0.125 e. The van der Waals surface area contributed by atoms with Crippen molar-refractivity contribution in [1.29, 1.82) is 0 Å². The first-order valence-corrected chi connectivity index (χ1v) is 4.35. The minimum absolute atomic E-state index is 0. The van der Waals surface area contributed by atoms with Crippen molar-refractivity contribution in [3.63, 3.8) is 0 Å². The summed E-state index contributed by atoms with van der Waals surface area (Å²) in [5.41, 5.74) is 1.27. The Labute approximate surface area is 84.4 Å². The molecule has 3 nitrogen and oxygen atoms in total. The van der Waals surface area contributed by atoms with Gasteiger partial charge < -0.3 is 5.32 Å². The SMILES string of the molecule is Cc1ncc(C2CCNC2)cn1.Cl. The number of rotatable bonds is 1. The van der Waals surface area contributed by atoms with E-state index in [0.717, 1.165) is 18.9 Å². The average molecular weight is 200 g/mol. The van der Waals surface area contributed by atoms with E-state index < -0.39 is 0 Å². The van der Waals surface area contributed by atoms with E-state index in [2.05, 4.69) is 15.3 Å². The van der Waals surface area contributed by atoms with Crippen LogP contribution in [-0.4, -0.2) is 23.1 Å². The van der Waals surface area contributed by atoms with E-state index >= 15 is 0 Å². The number of nitrogens with zero attached hydrogens (tertiary/aromatic N) is 2. The van der Waals surface area contributed by atoms with Crippen LogP contribution in [0.25, 0.3) is 0 Å². The van der Waals surface area contributed by atoms with Crippen LogP contribution in [0.1, 0.15) is 23.7 Å². The largest absolute Gasteiger partial charge is 0.316 e. The van der Waals surface area contributed by atoms with Crippen molar-refractivity contribution in [2.45, 2.75) is 19.3 Å². The Morgan fingerprint density at radius 2 is 2.08 bits per heavy atom. The van der Waals surface area contributed by atoms with Gasteiger partial charge >= 0.3 is 0 Å². The summed E-state index contributed by atoms with van der Waals surface area (Å²) in [5.74, 6) is 1.48. The molecule has 2 heterocycles. The van der Waals surface area contributed by atoms with Crippen LogP contribution in [0.2, 0.25) is 0 Å². The quantitative estimate of drug-likeness (QED) is 0.741. The van der Waals surface area contributed by atoms with Crippen LogP contribution < -0.4 is 5.32 Å². The molecule has 2 rings (SSSR count). The first kappa shape index (κ1) is 10.4. The summed E-state index contributed by atoms with van der Waals surface area (Å²) in [7, 11) is 0. The minimum atomic E-state index is 0. The normalized spacial score (nSPS) is 21.2. The zero-order valence-electron chi connectivity index (χ0n) is 7.66. The fourth-order valence-corrected chi connectivity index (χ4v) is 1.55. The summed E-state index contributed by atoms with van der Waals surface area (Å²) in [6.45, 7) is 4.11. The van der Waals surface area contributed by atoms with Gasteiger partial charge in [0.2, 0.25) is 0 Å². The van der Waals surface area contributed by atoms with Gasteiger partial charge in [0.1, 0.15) is 5.82 Å². The van der Waals surface area contributed by atoms with Gasteiger partial charge in [-0.2, -0.15) is 0 Å². The van der Waals surface area contributed by atoms with Gasteiger partial charge in [0.05, 0.1) is 0 Å². The molecule has 1 fully saturated rings. The van der Waals surface area contributed by atoms with Crippen molar-refractivity contribution in [3.05, 3.63) is 23.8 Å². The molecular weight excluding hydrogens is 186 g/mol. The summed E-state index contributed by atoms with van der Waals surface area (Å²) < 4.78 is 0. The van der Waals surface area contributed by atoms with Gasteiger partial charge in [-0.3, -0.25) is 0 Å². The molecule has 0 bridgehead atoms. The molecule has 0 amide bonds. The molecule has 1 aliphatic heterocycles. The Morgan fingerprint density at radius 1 is 1.38 bits per heavy atom. The molecule has 0 radical (unpaired) electrons. The van der Waals surface area contributed by atoms with Crippen LogP contribution in [0.3, 0.4) is 0 Å². The molecule has 1 atom stereocenters. The molecule has 1 aliphatic rings. The second-order valence-corrected chi connectivity index (χ2v) is 3.25. The molecule has 1 aromatic rings. The van der Waals surface area contributed by atoms with Crippen LogP contribution in [0, 0.1) is 6.92 Å². The van der Waals surface area contributed by atoms with Gasteiger partial charge in [0.15, 0.2) is 0 Å². The Hall–Kier alpha value is -0.670. The molecule has 72 valence electrons. The van der Waals surface area contributed by atoms with Crippen molar-refractivity contribution >= 4 is 12.4 Å². The molecule has 13 heavy (non-hydrogen) atoms. The fraction of sp³-hybridized carbons (Fsp3) is 0.556. The summed E-state index contributed by atoms with van der Waals surface area (Å²) in [6, 6.07) is 0. The Bertz CT molecular complexity index is 254. The number of hydrogen-bond acceptors (Lipinski definition) is 3. The highest BCUT2D eigenvalue weighted by atomic mass is 35.5. The predicted molar refractivity (Wildman–Crippen MR) is 54.2 cm³/mol. The summed E-state index contributed by atoms with van der Waals surface area (Å²) in [5, 5.41) is 3.33. The number of aryl methyl sites for hydroxylation is 1. The first-order valence-electron chi connectivity index (χ1n) is 4.35. The van der Waals surface area contributed by atoms with E-state index in [1.165, 1.54) is 12.0 Å². The number of halogens is 1. The monoisotopic (exact) mass is 199 g/mol. The van der Waals surface area contributed by atoms with Gasteiger partial charge in [-0.25, -0.2) is 9.97 Å². The molecule has 1 N–H and O–H groups in total. The maximum absolute atomic E-state index is 4.18. The second-order valence-electron chi connectivity index (χ2n) is 3.25. The van der Waals surface area contributed by atoms with Crippen molar-refractivity contribution in [1.82, 2.24) is 15.3 Å². The van der Waals surface area contributed by atoms with Gasteiger partial charge in [-0.15, -0.1) is 12.4 Å². The third kappa shape index (κ3) is 2.39. The molecule has 0 aromatic carbocycles. The fourth-order valence-electron chi connectivity index (χ4n) is 1.55. The highest BCUT2D eigenvalue weighted by molar-refractivity contribution is 5.85. The predicted octanol–water partition coefficient (Wildman–Crippen LogP) is 1.28. The van der Waals surface area contributed by atoms with Crippen LogP contribution in [-0.2, 0) is 0 Å². The summed E-state index contributed by atoms with van der Waals surface area (Å²) in [6.07, 6.45) is 5.10. The highest BCUT2D eigenvalue weighted by Gasteiger charge is 2.16. The van der Waals surface area contributed by atoms with E-state index in [0.29, 0.717) is 5.92 Å². The standard InChI is InChI=1S/C9H13N3.ClH/c1-7-11-5-9(6-12-7)8-2-3-10-4-8;/h5-6,8,10H,2-4H2,1H3;1H. The van der Waals surface area contributed by atoms with Crippen molar-refractivity contribution in [2.24, 2.45) is 0 Å². The lowest BCUT2D eigenvalue weighted by Crippen LogP contribution is -2.08. The first-order chi connectivity index (χ1) is 5.86.